The Morgan fingerprint density at radius 1 is 1.17 bits per heavy atom. The van der Waals surface area contributed by atoms with Gasteiger partial charge in [-0.15, -0.1) is 0 Å². The van der Waals surface area contributed by atoms with Crippen LogP contribution in [0.25, 0.3) is 0 Å². The Morgan fingerprint density at radius 3 is 2.56 bits per heavy atom. The molecule has 0 bridgehead atoms. The quantitative estimate of drug-likeness (QED) is 0.825. The lowest BCUT2D eigenvalue weighted by atomic mass is 9.73. The predicted molar refractivity (Wildman–Crippen MR) is 78.7 cm³/mol. The van der Waals surface area contributed by atoms with Gasteiger partial charge in [-0.25, -0.2) is 0 Å². The fourth-order valence-electron chi connectivity index (χ4n) is 3.61. The first-order valence-corrected chi connectivity index (χ1v) is 7.56. The molecule has 18 heavy (non-hydrogen) atoms. The van der Waals surface area contributed by atoms with Gasteiger partial charge in [-0.2, -0.15) is 0 Å². The maximum atomic E-state index is 3.58. The molecule has 0 heterocycles. The molecule has 3 unspecified atom stereocenters. The van der Waals surface area contributed by atoms with E-state index in [-0.39, 0.29) is 0 Å². The normalized spacial score (nSPS) is 25.9. The maximum Gasteiger partial charge on any atom is 0.0135 e. The molecule has 0 aromatic heterocycles. The zero-order chi connectivity index (χ0) is 12.8. The summed E-state index contributed by atoms with van der Waals surface area (Å²) >= 11 is 0. The lowest BCUT2D eigenvalue weighted by molar-refractivity contribution is 0.179. The first-order valence-electron chi connectivity index (χ1n) is 7.56. The second kappa shape index (κ2) is 6.94. The van der Waals surface area contributed by atoms with E-state index in [1.807, 2.05) is 0 Å². The molecule has 3 atom stereocenters. The molecule has 0 amide bonds. The van der Waals surface area contributed by atoms with Gasteiger partial charge < -0.3 is 5.32 Å². The minimum atomic E-state index is 0.651. The van der Waals surface area contributed by atoms with Crippen LogP contribution < -0.4 is 5.32 Å². The standard InChI is InChI=1S/C17H27N/c1-3-15-11-7-8-12-16(15)17(18-2)13-14-9-5-4-6-10-14/h4-6,9-10,15-18H,3,7-8,11-13H2,1-2H3. The van der Waals surface area contributed by atoms with Crippen molar-refractivity contribution in [3.8, 4) is 0 Å². The van der Waals surface area contributed by atoms with Gasteiger partial charge in [0.05, 0.1) is 0 Å². The molecule has 1 nitrogen and oxygen atoms in total. The molecule has 0 aliphatic heterocycles. The van der Waals surface area contributed by atoms with Gasteiger partial charge >= 0.3 is 0 Å². The van der Waals surface area contributed by atoms with Crippen LogP contribution in [0.1, 0.15) is 44.6 Å². The summed E-state index contributed by atoms with van der Waals surface area (Å²) in [5.74, 6) is 1.80. The molecular formula is C17H27N. The van der Waals surface area contributed by atoms with Crippen molar-refractivity contribution in [3.05, 3.63) is 35.9 Å². The molecule has 1 saturated carbocycles. The minimum Gasteiger partial charge on any atom is -0.316 e. The summed E-state index contributed by atoms with van der Waals surface area (Å²) in [5, 5.41) is 3.58. The van der Waals surface area contributed by atoms with Gasteiger partial charge in [0.25, 0.3) is 0 Å². The highest BCUT2D eigenvalue weighted by molar-refractivity contribution is 5.16. The molecule has 1 aromatic rings. The van der Waals surface area contributed by atoms with Gasteiger partial charge in [-0.1, -0.05) is 62.9 Å². The minimum absolute atomic E-state index is 0.651. The number of benzene rings is 1. The fourth-order valence-corrected chi connectivity index (χ4v) is 3.61. The average Bonchev–Trinajstić information content (AvgIpc) is 2.46. The molecule has 0 radical (unpaired) electrons. The van der Waals surface area contributed by atoms with Crippen LogP contribution in [-0.4, -0.2) is 13.1 Å². The van der Waals surface area contributed by atoms with E-state index in [9.17, 15) is 0 Å². The Labute approximate surface area is 112 Å². The summed E-state index contributed by atoms with van der Waals surface area (Å²) in [6, 6.07) is 11.6. The van der Waals surface area contributed by atoms with Crippen molar-refractivity contribution in [2.24, 2.45) is 11.8 Å². The van der Waals surface area contributed by atoms with Crippen LogP contribution in [0, 0.1) is 11.8 Å². The molecule has 2 rings (SSSR count). The molecule has 1 aromatic carbocycles. The van der Waals surface area contributed by atoms with Crippen LogP contribution in [0.3, 0.4) is 0 Å². The van der Waals surface area contributed by atoms with E-state index >= 15 is 0 Å². The van der Waals surface area contributed by atoms with Gasteiger partial charge in [-0.3, -0.25) is 0 Å². The van der Waals surface area contributed by atoms with Crippen molar-refractivity contribution in [2.45, 2.75) is 51.5 Å². The fraction of sp³-hybridized carbons (Fsp3) is 0.647. The third-order valence-electron chi connectivity index (χ3n) is 4.68. The molecule has 0 spiro atoms. The second-order valence-corrected chi connectivity index (χ2v) is 5.70. The lowest BCUT2D eigenvalue weighted by Crippen LogP contribution is -2.40. The van der Waals surface area contributed by atoms with E-state index in [1.54, 1.807) is 0 Å². The number of rotatable bonds is 5. The van der Waals surface area contributed by atoms with E-state index in [2.05, 4.69) is 49.6 Å². The predicted octanol–water partition coefficient (Wildman–Crippen LogP) is 4.03. The summed E-state index contributed by atoms with van der Waals surface area (Å²) in [6.45, 7) is 2.36. The van der Waals surface area contributed by atoms with E-state index in [1.165, 1.54) is 44.1 Å². The van der Waals surface area contributed by atoms with E-state index < -0.39 is 0 Å². The van der Waals surface area contributed by atoms with Crippen LogP contribution in [0.4, 0.5) is 0 Å². The zero-order valence-corrected chi connectivity index (χ0v) is 11.9. The van der Waals surface area contributed by atoms with Crippen molar-refractivity contribution in [1.82, 2.24) is 5.32 Å². The first kappa shape index (κ1) is 13.6. The van der Waals surface area contributed by atoms with Gasteiger partial charge in [0.1, 0.15) is 0 Å². The van der Waals surface area contributed by atoms with Crippen LogP contribution in [0.5, 0.6) is 0 Å². The Kier molecular flexibility index (Phi) is 5.25. The van der Waals surface area contributed by atoms with Crippen molar-refractivity contribution >= 4 is 0 Å². The van der Waals surface area contributed by atoms with Crippen molar-refractivity contribution in [1.29, 1.82) is 0 Å². The summed E-state index contributed by atoms with van der Waals surface area (Å²) in [5.41, 5.74) is 1.47. The molecular weight excluding hydrogens is 218 g/mol. The molecule has 1 aliphatic carbocycles. The van der Waals surface area contributed by atoms with Crippen LogP contribution in [0.15, 0.2) is 30.3 Å². The number of nitrogens with one attached hydrogen (secondary N) is 1. The Hall–Kier alpha value is -0.820. The zero-order valence-electron chi connectivity index (χ0n) is 11.9. The highest BCUT2D eigenvalue weighted by atomic mass is 14.9. The highest BCUT2D eigenvalue weighted by Gasteiger charge is 2.29. The van der Waals surface area contributed by atoms with Crippen molar-refractivity contribution in [2.75, 3.05) is 7.05 Å². The molecule has 1 aliphatic rings. The lowest BCUT2D eigenvalue weighted by Gasteiger charge is -2.37. The Balaban J connectivity index is 2.03. The average molecular weight is 245 g/mol. The summed E-state index contributed by atoms with van der Waals surface area (Å²) in [7, 11) is 2.13. The number of hydrogen-bond acceptors (Lipinski definition) is 1. The van der Waals surface area contributed by atoms with E-state index in [0.717, 1.165) is 11.8 Å². The third kappa shape index (κ3) is 3.35. The summed E-state index contributed by atoms with van der Waals surface area (Å²) < 4.78 is 0. The molecule has 0 saturated heterocycles. The van der Waals surface area contributed by atoms with Crippen molar-refractivity contribution in [3.63, 3.8) is 0 Å². The monoisotopic (exact) mass is 245 g/mol. The summed E-state index contributed by atoms with van der Waals surface area (Å²) in [6.07, 6.45) is 8.24. The highest BCUT2D eigenvalue weighted by Crippen LogP contribution is 2.35. The number of hydrogen-bond donors (Lipinski definition) is 1. The molecule has 1 fully saturated rings. The summed E-state index contributed by atoms with van der Waals surface area (Å²) in [4.78, 5) is 0. The van der Waals surface area contributed by atoms with Gasteiger partial charge in [0, 0.05) is 6.04 Å². The van der Waals surface area contributed by atoms with E-state index in [4.69, 9.17) is 0 Å². The smallest absolute Gasteiger partial charge is 0.0135 e. The molecule has 100 valence electrons. The Bertz CT molecular complexity index is 333. The Morgan fingerprint density at radius 2 is 1.89 bits per heavy atom. The van der Waals surface area contributed by atoms with Crippen LogP contribution in [-0.2, 0) is 6.42 Å². The SMILES string of the molecule is CCC1CCCCC1C(Cc1ccccc1)NC. The van der Waals surface area contributed by atoms with Crippen LogP contribution in [0.2, 0.25) is 0 Å². The third-order valence-corrected chi connectivity index (χ3v) is 4.68. The maximum absolute atomic E-state index is 3.58. The van der Waals surface area contributed by atoms with E-state index in [0.29, 0.717) is 6.04 Å². The number of likely N-dealkylation sites (N-methyl/N-ethyl adjacent to an activating group) is 1. The second-order valence-electron chi connectivity index (χ2n) is 5.70. The van der Waals surface area contributed by atoms with Gasteiger partial charge in [0.15, 0.2) is 0 Å². The van der Waals surface area contributed by atoms with Crippen molar-refractivity contribution < 1.29 is 0 Å². The topological polar surface area (TPSA) is 12.0 Å². The molecule has 1 N–H and O–H groups in total. The first-order chi connectivity index (χ1) is 8.85. The largest absolute Gasteiger partial charge is 0.316 e. The molecule has 1 heteroatoms. The van der Waals surface area contributed by atoms with Gasteiger partial charge in [-0.05, 0) is 37.3 Å². The van der Waals surface area contributed by atoms with Gasteiger partial charge in [0.2, 0.25) is 0 Å². The van der Waals surface area contributed by atoms with Crippen LogP contribution >= 0.6 is 0 Å².